The Kier molecular flexibility index (Phi) is 5.45. The van der Waals surface area contributed by atoms with Crippen molar-refractivity contribution in [2.75, 3.05) is 6.54 Å². The Morgan fingerprint density at radius 2 is 2.15 bits per heavy atom. The predicted octanol–water partition coefficient (Wildman–Crippen LogP) is 3.60. The fraction of sp³-hybridized carbons (Fsp3) is 0.615. The highest BCUT2D eigenvalue weighted by atomic mass is 79.9. The number of aromatic nitrogens is 1. The third-order valence-corrected chi connectivity index (χ3v) is 6.17. The van der Waals surface area contributed by atoms with Crippen molar-refractivity contribution in [3.8, 4) is 0 Å². The van der Waals surface area contributed by atoms with Gasteiger partial charge >= 0.3 is 0 Å². The maximum absolute atomic E-state index is 12.3. The van der Waals surface area contributed by atoms with E-state index in [9.17, 15) is 8.42 Å². The minimum absolute atomic E-state index is 0.00241. The van der Waals surface area contributed by atoms with E-state index in [1.807, 2.05) is 0 Å². The number of rotatable bonds is 4. The normalized spacial score (nSPS) is 23.8. The molecule has 0 aromatic carbocycles. The van der Waals surface area contributed by atoms with E-state index in [0.717, 1.165) is 6.42 Å². The van der Waals surface area contributed by atoms with Gasteiger partial charge in [-0.15, -0.1) is 0 Å². The Balaban J connectivity index is 2.09. The summed E-state index contributed by atoms with van der Waals surface area (Å²) in [5.41, 5.74) is 0. The predicted molar refractivity (Wildman–Crippen MR) is 83.3 cm³/mol. The second kappa shape index (κ2) is 6.73. The summed E-state index contributed by atoms with van der Waals surface area (Å²) >= 11 is 9.09. The van der Waals surface area contributed by atoms with Gasteiger partial charge in [-0.1, -0.05) is 37.8 Å². The minimum atomic E-state index is -3.61. The molecule has 2 unspecified atom stereocenters. The molecule has 1 aromatic heterocycles. The highest BCUT2D eigenvalue weighted by Crippen LogP contribution is 2.29. The number of hydrogen-bond donors (Lipinski definition) is 1. The van der Waals surface area contributed by atoms with Gasteiger partial charge in [0.2, 0.25) is 10.0 Å². The molecule has 0 aliphatic heterocycles. The molecule has 0 bridgehead atoms. The topological polar surface area (TPSA) is 59.1 Å². The van der Waals surface area contributed by atoms with Crippen LogP contribution in [0.4, 0.5) is 0 Å². The summed E-state index contributed by atoms with van der Waals surface area (Å²) in [5.74, 6) is 0.958. The van der Waals surface area contributed by atoms with Crippen molar-refractivity contribution in [2.45, 2.75) is 37.5 Å². The maximum Gasteiger partial charge on any atom is 0.243 e. The molecule has 20 heavy (non-hydrogen) atoms. The SMILES string of the molecule is CC1CCCCC1CNS(=O)(=O)c1cc(Br)cnc1Cl. The molecule has 1 N–H and O–H groups in total. The molecular weight excluding hydrogens is 364 g/mol. The van der Waals surface area contributed by atoms with E-state index in [2.05, 4.69) is 32.6 Å². The van der Waals surface area contributed by atoms with E-state index in [1.165, 1.54) is 31.5 Å². The zero-order chi connectivity index (χ0) is 14.8. The molecule has 1 aliphatic carbocycles. The molecule has 2 rings (SSSR count). The van der Waals surface area contributed by atoms with Crippen molar-refractivity contribution >= 4 is 37.6 Å². The molecule has 2 atom stereocenters. The summed E-state index contributed by atoms with van der Waals surface area (Å²) < 4.78 is 27.9. The summed E-state index contributed by atoms with van der Waals surface area (Å²) in [6, 6.07) is 1.47. The fourth-order valence-electron chi connectivity index (χ4n) is 2.58. The van der Waals surface area contributed by atoms with Gasteiger partial charge in [0.15, 0.2) is 0 Å². The lowest BCUT2D eigenvalue weighted by Gasteiger charge is -2.28. The summed E-state index contributed by atoms with van der Waals surface area (Å²) in [5, 5.41) is -0.00241. The number of nitrogens with zero attached hydrogens (tertiary/aromatic N) is 1. The maximum atomic E-state index is 12.3. The Morgan fingerprint density at radius 1 is 1.45 bits per heavy atom. The van der Waals surface area contributed by atoms with Crippen molar-refractivity contribution in [2.24, 2.45) is 11.8 Å². The van der Waals surface area contributed by atoms with Gasteiger partial charge < -0.3 is 0 Å². The molecule has 0 spiro atoms. The number of hydrogen-bond acceptors (Lipinski definition) is 3. The highest BCUT2D eigenvalue weighted by molar-refractivity contribution is 9.10. The lowest BCUT2D eigenvalue weighted by molar-refractivity contribution is 0.257. The molecule has 0 amide bonds. The summed E-state index contributed by atoms with van der Waals surface area (Å²) in [6.45, 7) is 2.65. The second-order valence-corrected chi connectivity index (χ2v) is 8.33. The molecule has 1 heterocycles. The summed E-state index contributed by atoms with van der Waals surface area (Å²) in [6.07, 6.45) is 6.14. The Labute approximate surface area is 133 Å². The first-order valence-electron chi connectivity index (χ1n) is 6.71. The molecule has 0 saturated heterocycles. The number of sulfonamides is 1. The molecule has 7 heteroatoms. The van der Waals surface area contributed by atoms with Crippen LogP contribution in [-0.4, -0.2) is 19.9 Å². The molecule has 1 aromatic rings. The average Bonchev–Trinajstić information content (AvgIpc) is 2.40. The van der Waals surface area contributed by atoms with E-state index in [-0.39, 0.29) is 10.0 Å². The van der Waals surface area contributed by atoms with Crippen LogP contribution >= 0.6 is 27.5 Å². The highest BCUT2D eigenvalue weighted by Gasteiger charge is 2.25. The van der Waals surface area contributed by atoms with Crippen LogP contribution in [0.1, 0.15) is 32.6 Å². The Bertz CT molecular complexity index is 580. The molecule has 1 fully saturated rings. The molecule has 4 nitrogen and oxygen atoms in total. The van der Waals surface area contributed by atoms with Crippen LogP contribution in [0.3, 0.4) is 0 Å². The first-order chi connectivity index (χ1) is 9.40. The van der Waals surface area contributed by atoms with Gasteiger partial charge in [0.25, 0.3) is 0 Å². The van der Waals surface area contributed by atoms with Crippen LogP contribution < -0.4 is 4.72 Å². The van der Waals surface area contributed by atoms with Crippen molar-refractivity contribution in [3.63, 3.8) is 0 Å². The smallest absolute Gasteiger partial charge is 0.242 e. The van der Waals surface area contributed by atoms with Crippen LogP contribution in [0.25, 0.3) is 0 Å². The quantitative estimate of drug-likeness (QED) is 0.811. The number of halogens is 2. The van der Waals surface area contributed by atoms with Crippen molar-refractivity contribution in [1.82, 2.24) is 9.71 Å². The zero-order valence-electron chi connectivity index (χ0n) is 11.3. The van der Waals surface area contributed by atoms with E-state index in [1.54, 1.807) is 0 Å². The Hall–Kier alpha value is -0.170. The van der Waals surface area contributed by atoms with E-state index >= 15 is 0 Å². The largest absolute Gasteiger partial charge is 0.243 e. The first kappa shape index (κ1) is 16.2. The molecule has 0 radical (unpaired) electrons. The molecule has 1 saturated carbocycles. The first-order valence-corrected chi connectivity index (χ1v) is 9.36. The number of nitrogens with one attached hydrogen (secondary N) is 1. The van der Waals surface area contributed by atoms with E-state index in [0.29, 0.717) is 22.9 Å². The van der Waals surface area contributed by atoms with Crippen LogP contribution in [-0.2, 0) is 10.0 Å². The van der Waals surface area contributed by atoms with Gasteiger partial charge in [-0.3, -0.25) is 0 Å². The van der Waals surface area contributed by atoms with Crippen molar-refractivity contribution in [1.29, 1.82) is 0 Å². The zero-order valence-corrected chi connectivity index (χ0v) is 14.4. The Morgan fingerprint density at radius 3 is 2.85 bits per heavy atom. The van der Waals surface area contributed by atoms with Crippen molar-refractivity contribution in [3.05, 3.63) is 21.9 Å². The van der Waals surface area contributed by atoms with Crippen LogP contribution in [0.15, 0.2) is 21.6 Å². The van der Waals surface area contributed by atoms with Gasteiger partial charge in [0, 0.05) is 17.2 Å². The summed E-state index contributed by atoms with van der Waals surface area (Å²) in [4.78, 5) is 3.88. The van der Waals surface area contributed by atoms with Gasteiger partial charge in [-0.25, -0.2) is 18.1 Å². The third-order valence-electron chi connectivity index (χ3n) is 3.89. The summed E-state index contributed by atoms with van der Waals surface area (Å²) in [7, 11) is -3.61. The number of pyridine rings is 1. The second-order valence-electron chi connectivity index (χ2n) is 5.32. The average molecular weight is 382 g/mol. The van der Waals surface area contributed by atoms with Gasteiger partial charge in [0.1, 0.15) is 10.0 Å². The van der Waals surface area contributed by atoms with Crippen LogP contribution in [0.5, 0.6) is 0 Å². The van der Waals surface area contributed by atoms with Crippen molar-refractivity contribution < 1.29 is 8.42 Å². The van der Waals surface area contributed by atoms with E-state index in [4.69, 9.17) is 11.6 Å². The molecule has 112 valence electrons. The van der Waals surface area contributed by atoms with E-state index < -0.39 is 10.0 Å². The fourth-order valence-corrected chi connectivity index (χ4v) is 4.62. The van der Waals surface area contributed by atoms with Crippen LogP contribution in [0, 0.1) is 11.8 Å². The lowest BCUT2D eigenvalue weighted by Crippen LogP contribution is -2.33. The molecule has 1 aliphatic rings. The molecular formula is C13H18BrClN2O2S. The third kappa shape index (κ3) is 3.93. The standard InChI is InChI=1S/C13H18BrClN2O2S/c1-9-4-2-3-5-10(9)7-17-20(18,19)12-6-11(14)8-16-13(12)15/h6,8-10,17H,2-5,7H2,1H3. The van der Waals surface area contributed by atoms with Gasteiger partial charge in [-0.2, -0.15) is 0 Å². The van der Waals surface area contributed by atoms with Gasteiger partial charge in [-0.05, 0) is 40.3 Å². The monoisotopic (exact) mass is 380 g/mol. The van der Waals surface area contributed by atoms with Gasteiger partial charge in [0.05, 0.1) is 0 Å². The minimum Gasteiger partial charge on any atom is -0.242 e. The lowest BCUT2D eigenvalue weighted by atomic mass is 9.81. The van der Waals surface area contributed by atoms with Crippen LogP contribution in [0.2, 0.25) is 5.15 Å².